The summed E-state index contributed by atoms with van der Waals surface area (Å²) in [6.07, 6.45) is 6.44. The molecule has 1 aliphatic rings. The summed E-state index contributed by atoms with van der Waals surface area (Å²) < 4.78 is 1.88. The molecule has 2 aromatic heterocycles. The molecule has 22 heavy (non-hydrogen) atoms. The van der Waals surface area contributed by atoms with Crippen LogP contribution in [0, 0.1) is 6.92 Å². The van der Waals surface area contributed by atoms with Gasteiger partial charge < -0.3 is 4.90 Å². The summed E-state index contributed by atoms with van der Waals surface area (Å²) in [4.78, 5) is 19.4. The Morgan fingerprint density at radius 2 is 2.05 bits per heavy atom. The maximum atomic E-state index is 12.9. The number of aryl methyl sites for hydroxylation is 1. The molecule has 1 amide bonds. The zero-order valence-corrected chi connectivity index (χ0v) is 13.8. The van der Waals surface area contributed by atoms with Crippen molar-refractivity contribution in [2.24, 2.45) is 0 Å². The van der Waals surface area contributed by atoms with Crippen LogP contribution in [0.3, 0.4) is 0 Å². The van der Waals surface area contributed by atoms with Crippen molar-refractivity contribution in [2.45, 2.75) is 58.5 Å². The molecule has 0 spiro atoms. The molecule has 2 aromatic rings. The van der Waals surface area contributed by atoms with Gasteiger partial charge in [0.25, 0.3) is 5.91 Å². The minimum absolute atomic E-state index is 0.0886. The van der Waals surface area contributed by atoms with Crippen molar-refractivity contribution in [2.75, 3.05) is 7.05 Å². The molecule has 1 aliphatic carbocycles. The number of carbonyl (C=O) groups is 1. The van der Waals surface area contributed by atoms with Crippen LogP contribution in [-0.4, -0.2) is 38.7 Å². The van der Waals surface area contributed by atoms with E-state index >= 15 is 0 Å². The average molecular weight is 300 g/mol. The van der Waals surface area contributed by atoms with Crippen LogP contribution in [0.5, 0.6) is 0 Å². The maximum absolute atomic E-state index is 12.9. The maximum Gasteiger partial charge on any atom is 0.254 e. The first-order chi connectivity index (χ1) is 10.5. The van der Waals surface area contributed by atoms with Gasteiger partial charge >= 0.3 is 0 Å². The van der Waals surface area contributed by atoms with E-state index in [4.69, 9.17) is 0 Å². The van der Waals surface area contributed by atoms with Gasteiger partial charge in [-0.2, -0.15) is 5.10 Å². The lowest BCUT2D eigenvalue weighted by molar-refractivity contribution is 0.0737. The number of hydrogen-bond donors (Lipinski definition) is 0. The fourth-order valence-electron chi connectivity index (χ4n) is 3.35. The SMILES string of the molecule is Cc1cc(C(=O)N(C)C2CCCC2)c2cnn(C(C)C)c2n1. The Morgan fingerprint density at radius 3 is 2.68 bits per heavy atom. The van der Waals surface area contributed by atoms with E-state index < -0.39 is 0 Å². The Labute approximate surface area is 131 Å². The van der Waals surface area contributed by atoms with E-state index in [9.17, 15) is 4.79 Å². The molecule has 0 atom stereocenters. The summed E-state index contributed by atoms with van der Waals surface area (Å²) in [6.45, 7) is 6.08. The van der Waals surface area contributed by atoms with Gasteiger partial charge in [-0.25, -0.2) is 9.67 Å². The second-order valence-corrected chi connectivity index (χ2v) is 6.59. The van der Waals surface area contributed by atoms with Gasteiger partial charge in [0.2, 0.25) is 0 Å². The Bertz CT molecular complexity index is 698. The molecule has 0 unspecified atom stereocenters. The van der Waals surface area contributed by atoms with Crippen molar-refractivity contribution < 1.29 is 4.79 Å². The van der Waals surface area contributed by atoms with Crippen LogP contribution >= 0.6 is 0 Å². The van der Waals surface area contributed by atoms with Crippen LogP contribution in [0.4, 0.5) is 0 Å². The fraction of sp³-hybridized carbons (Fsp3) is 0.588. The molecule has 3 rings (SSSR count). The van der Waals surface area contributed by atoms with Gasteiger partial charge in [0, 0.05) is 24.8 Å². The van der Waals surface area contributed by atoms with E-state index in [1.54, 1.807) is 6.20 Å². The van der Waals surface area contributed by atoms with E-state index in [2.05, 4.69) is 23.9 Å². The van der Waals surface area contributed by atoms with E-state index in [0.29, 0.717) is 6.04 Å². The van der Waals surface area contributed by atoms with E-state index in [1.807, 2.05) is 29.6 Å². The third-order valence-electron chi connectivity index (χ3n) is 4.61. The number of aromatic nitrogens is 3. The Hall–Kier alpha value is -1.91. The number of nitrogens with zero attached hydrogens (tertiary/aromatic N) is 4. The second-order valence-electron chi connectivity index (χ2n) is 6.59. The Morgan fingerprint density at radius 1 is 1.36 bits per heavy atom. The van der Waals surface area contributed by atoms with Gasteiger partial charge in [0.05, 0.1) is 17.1 Å². The summed E-state index contributed by atoms with van der Waals surface area (Å²) in [5, 5.41) is 5.27. The highest BCUT2D eigenvalue weighted by atomic mass is 16.2. The molecule has 1 fully saturated rings. The lowest BCUT2D eigenvalue weighted by atomic mass is 10.1. The zero-order valence-electron chi connectivity index (χ0n) is 13.8. The van der Waals surface area contributed by atoms with Crippen molar-refractivity contribution in [3.8, 4) is 0 Å². The number of rotatable bonds is 3. The number of fused-ring (bicyclic) bond motifs is 1. The van der Waals surface area contributed by atoms with Crippen LogP contribution in [0.2, 0.25) is 0 Å². The van der Waals surface area contributed by atoms with Gasteiger partial charge in [0.15, 0.2) is 5.65 Å². The van der Waals surface area contributed by atoms with Crippen molar-refractivity contribution in [3.63, 3.8) is 0 Å². The standard InChI is InChI=1S/C17H24N4O/c1-11(2)21-16-15(10-18-21)14(9-12(3)19-16)17(22)20(4)13-7-5-6-8-13/h9-11,13H,5-8H2,1-4H3. The lowest BCUT2D eigenvalue weighted by Gasteiger charge is -2.24. The first-order valence-corrected chi connectivity index (χ1v) is 8.11. The van der Waals surface area contributed by atoms with Crippen molar-refractivity contribution in [3.05, 3.63) is 23.5 Å². The quantitative estimate of drug-likeness (QED) is 0.873. The summed E-state index contributed by atoms with van der Waals surface area (Å²) in [5.41, 5.74) is 2.39. The Balaban J connectivity index is 2.04. The number of pyridine rings is 1. The summed E-state index contributed by atoms with van der Waals surface area (Å²) in [7, 11) is 1.92. The monoisotopic (exact) mass is 300 g/mol. The highest BCUT2D eigenvalue weighted by Gasteiger charge is 2.26. The normalized spacial score (nSPS) is 15.9. The van der Waals surface area contributed by atoms with E-state index in [0.717, 1.165) is 35.1 Å². The molecule has 2 heterocycles. The van der Waals surface area contributed by atoms with Crippen LogP contribution < -0.4 is 0 Å². The molecular weight excluding hydrogens is 276 g/mol. The molecule has 0 radical (unpaired) electrons. The largest absolute Gasteiger partial charge is 0.339 e. The second kappa shape index (κ2) is 5.71. The van der Waals surface area contributed by atoms with Gasteiger partial charge in [-0.15, -0.1) is 0 Å². The average Bonchev–Trinajstić information content (AvgIpc) is 3.13. The highest BCUT2D eigenvalue weighted by molar-refractivity contribution is 6.05. The number of amides is 1. The molecule has 5 nitrogen and oxygen atoms in total. The first-order valence-electron chi connectivity index (χ1n) is 8.11. The van der Waals surface area contributed by atoms with Crippen molar-refractivity contribution >= 4 is 16.9 Å². The van der Waals surface area contributed by atoms with Crippen LogP contribution in [0.25, 0.3) is 11.0 Å². The third-order valence-corrected chi connectivity index (χ3v) is 4.61. The molecule has 0 N–H and O–H groups in total. The first kappa shape index (κ1) is 15.0. The van der Waals surface area contributed by atoms with Crippen LogP contribution in [0.1, 0.15) is 61.6 Å². The zero-order chi connectivity index (χ0) is 15.9. The predicted molar refractivity (Wildman–Crippen MR) is 87.0 cm³/mol. The molecule has 0 saturated heterocycles. The van der Waals surface area contributed by atoms with Crippen molar-refractivity contribution in [1.82, 2.24) is 19.7 Å². The Kier molecular flexibility index (Phi) is 3.89. The smallest absolute Gasteiger partial charge is 0.254 e. The fourth-order valence-corrected chi connectivity index (χ4v) is 3.35. The molecule has 0 aliphatic heterocycles. The van der Waals surface area contributed by atoms with Crippen LogP contribution in [0.15, 0.2) is 12.3 Å². The van der Waals surface area contributed by atoms with Gasteiger partial charge in [-0.3, -0.25) is 4.79 Å². The van der Waals surface area contributed by atoms with Gasteiger partial charge in [0.1, 0.15) is 0 Å². The molecular formula is C17H24N4O. The van der Waals surface area contributed by atoms with Crippen molar-refractivity contribution in [1.29, 1.82) is 0 Å². The summed E-state index contributed by atoms with van der Waals surface area (Å²) in [6, 6.07) is 2.49. The predicted octanol–water partition coefficient (Wildman–Crippen LogP) is 3.34. The topological polar surface area (TPSA) is 51.0 Å². The molecule has 5 heteroatoms. The highest BCUT2D eigenvalue weighted by Crippen LogP contribution is 2.26. The summed E-state index contributed by atoms with van der Waals surface area (Å²) >= 11 is 0. The van der Waals surface area contributed by atoms with Gasteiger partial charge in [-0.1, -0.05) is 12.8 Å². The molecule has 118 valence electrons. The lowest BCUT2D eigenvalue weighted by Crippen LogP contribution is -2.35. The molecule has 0 bridgehead atoms. The molecule has 1 saturated carbocycles. The molecule has 0 aromatic carbocycles. The summed E-state index contributed by atoms with van der Waals surface area (Å²) in [5.74, 6) is 0.0886. The number of hydrogen-bond acceptors (Lipinski definition) is 3. The third kappa shape index (κ3) is 2.49. The number of carbonyl (C=O) groups excluding carboxylic acids is 1. The minimum Gasteiger partial charge on any atom is -0.339 e. The minimum atomic E-state index is 0.0886. The van der Waals surface area contributed by atoms with Crippen LogP contribution in [-0.2, 0) is 0 Å². The van der Waals surface area contributed by atoms with E-state index in [-0.39, 0.29) is 11.9 Å². The van der Waals surface area contributed by atoms with E-state index in [1.165, 1.54) is 12.8 Å². The van der Waals surface area contributed by atoms with Gasteiger partial charge in [-0.05, 0) is 39.7 Å².